The molecule has 2 N–H and O–H groups in total. The van der Waals surface area contributed by atoms with Gasteiger partial charge < -0.3 is 10.3 Å². The van der Waals surface area contributed by atoms with Gasteiger partial charge in [-0.15, -0.1) is 0 Å². The minimum Gasteiger partial charge on any atom is -0.355 e. The SMILES string of the molecule is CCC[C@H](CNC(=O)CSc1nc2ccccc2c(=O)[nH]1)c1ccc(Cl)cc1Cl. The maximum atomic E-state index is 12.3. The number of amides is 1. The van der Waals surface area contributed by atoms with Gasteiger partial charge in [-0.25, -0.2) is 4.98 Å². The van der Waals surface area contributed by atoms with Crippen LogP contribution in [0.25, 0.3) is 10.9 Å². The van der Waals surface area contributed by atoms with E-state index in [0.717, 1.165) is 18.4 Å². The molecular formula is C21H21Cl2N3O2S. The van der Waals surface area contributed by atoms with Crippen LogP contribution in [0.2, 0.25) is 10.0 Å². The fourth-order valence-corrected chi connectivity index (χ4v) is 4.36. The highest BCUT2D eigenvalue weighted by atomic mass is 35.5. The molecule has 3 aromatic rings. The summed E-state index contributed by atoms with van der Waals surface area (Å²) >= 11 is 13.5. The van der Waals surface area contributed by atoms with E-state index in [2.05, 4.69) is 22.2 Å². The zero-order valence-electron chi connectivity index (χ0n) is 15.9. The van der Waals surface area contributed by atoms with Crippen LogP contribution in [-0.2, 0) is 4.79 Å². The molecule has 0 saturated carbocycles. The molecule has 8 heteroatoms. The first-order chi connectivity index (χ1) is 14.0. The van der Waals surface area contributed by atoms with Crippen LogP contribution in [0.1, 0.15) is 31.2 Å². The molecular weight excluding hydrogens is 429 g/mol. The fourth-order valence-electron chi connectivity index (χ4n) is 3.10. The molecule has 0 spiro atoms. The molecule has 0 aliphatic rings. The van der Waals surface area contributed by atoms with Gasteiger partial charge in [-0.2, -0.15) is 0 Å². The number of nitrogens with zero attached hydrogens (tertiary/aromatic N) is 1. The Balaban J connectivity index is 1.60. The van der Waals surface area contributed by atoms with Gasteiger partial charge in [0.1, 0.15) is 0 Å². The van der Waals surface area contributed by atoms with E-state index in [-0.39, 0.29) is 23.1 Å². The molecule has 1 atom stereocenters. The summed E-state index contributed by atoms with van der Waals surface area (Å²) in [4.78, 5) is 31.6. The van der Waals surface area contributed by atoms with Crippen molar-refractivity contribution in [3.05, 3.63) is 68.4 Å². The summed E-state index contributed by atoms with van der Waals surface area (Å²) in [6, 6.07) is 12.6. The molecule has 2 aromatic carbocycles. The minimum absolute atomic E-state index is 0.109. The van der Waals surface area contributed by atoms with Crippen LogP contribution in [0.3, 0.4) is 0 Å². The third-order valence-electron chi connectivity index (χ3n) is 4.52. The number of thioether (sulfide) groups is 1. The number of hydrogen-bond donors (Lipinski definition) is 2. The van der Waals surface area contributed by atoms with Crippen molar-refractivity contribution in [2.45, 2.75) is 30.8 Å². The van der Waals surface area contributed by atoms with Crippen LogP contribution in [-0.4, -0.2) is 28.2 Å². The zero-order valence-corrected chi connectivity index (χ0v) is 18.2. The van der Waals surface area contributed by atoms with Gasteiger partial charge in [-0.05, 0) is 36.2 Å². The Morgan fingerprint density at radius 2 is 2.03 bits per heavy atom. The van der Waals surface area contributed by atoms with Gasteiger partial charge >= 0.3 is 0 Å². The maximum absolute atomic E-state index is 12.3. The highest BCUT2D eigenvalue weighted by Crippen LogP contribution is 2.30. The molecule has 3 rings (SSSR count). The van der Waals surface area contributed by atoms with E-state index in [1.54, 1.807) is 24.3 Å². The zero-order chi connectivity index (χ0) is 20.8. The molecule has 0 radical (unpaired) electrons. The second kappa shape index (κ2) is 10.1. The number of halogens is 2. The van der Waals surface area contributed by atoms with Crippen LogP contribution < -0.4 is 10.9 Å². The molecule has 0 unspecified atom stereocenters. The molecule has 152 valence electrons. The predicted molar refractivity (Wildman–Crippen MR) is 120 cm³/mol. The van der Waals surface area contributed by atoms with Crippen molar-refractivity contribution in [3.8, 4) is 0 Å². The Morgan fingerprint density at radius 3 is 2.79 bits per heavy atom. The summed E-state index contributed by atoms with van der Waals surface area (Å²) in [5, 5.41) is 5.11. The van der Waals surface area contributed by atoms with Crippen LogP contribution in [0.4, 0.5) is 0 Å². The molecule has 1 amide bonds. The number of H-pyrrole nitrogens is 1. The quantitative estimate of drug-likeness (QED) is 0.373. The number of benzene rings is 2. The Hall–Kier alpha value is -2.02. The second-order valence-electron chi connectivity index (χ2n) is 6.63. The van der Waals surface area contributed by atoms with Crippen molar-refractivity contribution in [2.24, 2.45) is 0 Å². The fraction of sp³-hybridized carbons (Fsp3) is 0.286. The predicted octanol–water partition coefficient (Wildman–Crippen LogP) is 5.02. The first kappa shape index (κ1) is 21.7. The van der Waals surface area contributed by atoms with Crippen molar-refractivity contribution in [3.63, 3.8) is 0 Å². The van der Waals surface area contributed by atoms with Gasteiger partial charge in [-0.3, -0.25) is 9.59 Å². The second-order valence-corrected chi connectivity index (χ2v) is 8.44. The third-order valence-corrected chi connectivity index (χ3v) is 5.95. The van der Waals surface area contributed by atoms with E-state index >= 15 is 0 Å². The van der Waals surface area contributed by atoms with Crippen molar-refractivity contribution >= 4 is 51.8 Å². The summed E-state index contributed by atoms with van der Waals surface area (Å²) < 4.78 is 0. The molecule has 29 heavy (non-hydrogen) atoms. The lowest BCUT2D eigenvalue weighted by atomic mass is 9.94. The molecule has 0 aliphatic carbocycles. The molecule has 0 aliphatic heterocycles. The topological polar surface area (TPSA) is 74.8 Å². The van der Waals surface area contributed by atoms with Gasteiger partial charge in [0, 0.05) is 22.5 Å². The maximum Gasteiger partial charge on any atom is 0.259 e. The van der Waals surface area contributed by atoms with Crippen LogP contribution in [0, 0.1) is 0 Å². The number of rotatable bonds is 8. The normalized spacial score (nSPS) is 12.1. The van der Waals surface area contributed by atoms with Gasteiger partial charge in [0.2, 0.25) is 5.91 Å². The number of nitrogens with one attached hydrogen (secondary N) is 2. The monoisotopic (exact) mass is 449 g/mol. The third kappa shape index (κ3) is 5.75. The first-order valence-corrected chi connectivity index (χ1v) is 11.1. The Kier molecular flexibility index (Phi) is 7.58. The van der Waals surface area contributed by atoms with Crippen molar-refractivity contribution < 1.29 is 4.79 Å². The summed E-state index contributed by atoms with van der Waals surface area (Å²) in [6.45, 7) is 2.58. The van der Waals surface area contributed by atoms with Gasteiger partial charge in [-0.1, -0.05) is 66.5 Å². The smallest absolute Gasteiger partial charge is 0.259 e. The molecule has 1 heterocycles. The van der Waals surface area contributed by atoms with E-state index in [9.17, 15) is 9.59 Å². The van der Waals surface area contributed by atoms with Gasteiger partial charge in [0.05, 0.1) is 16.7 Å². The number of carbonyl (C=O) groups is 1. The lowest BCUT2D eigenvalue weighted by molar-refractivity contribution is -0.118. The standard InChI is InChI=1S/C21H21Cl2N3O2S/c1-2-5-13(15-9-8-14(22)10-17(15)23)11-24-19(27)12-29-21-25-18-7-4-3-6-16(18)20(28)26-21/h3-4,6-10,13H,2,5,11-12H2,1H3,(H,24,27)(H,25,26,28)/t13-/m1/s1. The number of aromatic nitrogens is 2. The van der Waals surface area contributed by atoms with Crippen molar-refractivity contribution in [1.29, 1.82) is 0 Å². The number of aromatic amines is 1. The summed E-state index contributed by atoms with van der Waals surface area (Å²) in [5.41, 5.74) is 1.38. The number of hydrogen-bond acceptors (Lipinski definition) is 4. The van der Waals surface area contributed by atoms with Crippen molar-refractivity contribution in [2.75, 3.05) is 12.3 Å². The van der Waals surface area contributed by atoms with E-state index in [1.165, 1.54) is 11.8 Å². The Morgan fingerprint density at radius 1 is 1.24 bits per heavy atom. The largest absolute Gasteiger partial charge is 0.355 e. The van der Waals surface area contributed by atoms with Crippen LogP contribution >= 0.6 is 35.0 Å². The average molecular weight is 450 g/mol. The molecule has 0 saturated heterocycles. The minimum atomic E-state index is -0.209. The molecule has 0 fully saturated rings. The summed E-state index contributed by atoms with van der Waals surface area (Å²) in [6.07, 6.45) is 1.87. The van der Waals surface area contributed by atoms with Gasteiger partial charge in [0.15, 0.2) is 5.16 Å². The van der Waals surface area contributed by atoms with Gasteiger partial charge in [0.25, 0.3) is 5.56 Å². The lowest BCUT2D eigenvalue weighted by Crippen LogP contribution is -2.30. The number of carbonyl (C=O) groups excluding carboxylic acids is 1. The van der Waals surface area contributed by atoms with E-state index in [4.69, 9.17) is 23.2 Å². The van der Waals surface area contributed by atoms with Crippen LogP contribution in [0.5, 0.6) is 0 Å². The Labute approximate surface area is 183 Å². The van der Waals surface area contributed by atoms with Crippen LogP contribution in [0.15, 0.2) is 52.4 Å². The molecule has 0 bridgehead atoms. The highest BCUT2D eigenvalue weighted by molar-refractivity contribution is 7.99. The molecule has 1 aromatic heterocycles. The number of para-hydroxylation sites is 1. The summed E-state index contributed by atoms with van der Waals surface area (Å²) in [7, 11) is 0. The number of fused-ring (bicyclic) bond motifs is 1. The summed E-state index contributed by atoms with van der Waals surface area (Å²) in [5.74, 6) is 0.142. The lowest BCUT2D eigenvalue weighted by Gasteiger charge is -2.19. The van der Waals surface area contributed by atoms with E-state index < -0.39 is 0 Å². The van der Waals surface area contributed by atoms with E-state index in [0.29, 0.717) is 32.6 Å². The highest BCUT2D eigenvalue weighted by Gasteiger charge is 2.16. The Bertz CT molecular complexity index is 1070. The van der Waals surface area contributed by atoms with Crippen molar-refractivity contribution in [1.82, 2.24) is 15.3 Å². The average Bonchev–Trinajstić information content (AvgIpc) is 2.70. The first-order valence-electron chi connectivity index (χ1n) is 9.31. The van der Waals surface area contributed by atoms with E-state index in [1.807, 2.05) is 18.2 Å². The molecule has 5 nitrogen and oxygen atoms in total.